The fourth-order valence-corrected chi connectivity index (χ4v) is 4.06. The van der Waals surface area contributed by atoms with Gasteiger partial charge in [0.05, 0.1) is 22.8 Å². The lowest BCUT2D eigenvalue weighted by Gasteiger charge is -2.25. The first-order valence-corrected chi connectivity index (χ1v) is 12.1. The highest BCUT2D eigenvalue weighted by molar-refractivity contribution is 6.13. The van der Waals surface area contributed by atoms with Crippen molar-refractivity contribution in [3.63, 3.8) is 0 Å². The van der Waals surface area contributed by atoms with Crippen LogP contribution >= 0.6 is 0 Å². The second-order valence-electron chi connectivity index (χ2n) is 8.77. The summed E-state index contributed by atoms with van der Waals surface area (Å²) in [5.74, 6) is -0.494. The van der Waals surface area contributed by atoms with E-state index in [1.165, 1.54) is 17.0 Å². The van der Waals surface area contributed by atoms with Gasteiger partial charge in [0.25, 0.3) is 5.91 Å². The number of aryl methyl sites for hydroxylation is 1. The maximum atomic E-state index is 13.8. The minimum atomic E-state index is -0.567. The molecule has 0 aliphatic heterocycles. The summed E-state index contributed by atoms with van der Waals surface area (Å²) in [6.45, 7) is 1.95. The first-order valence-electron chi connectivity index (χ1n) is 12.1. The topological polar surface area (TPSA) is 140 Å². The quantitative estimate of drug-likeness (QED) is 0.251. The summed E-state index contributed by atoms with van der Waals surface area (Å²) in [6.07, 6.45) is 5.12. The monoisotopic (exact) mass is 515 g/mol. The summed E-state index contributed by atoms with van der Waals surface area (Å²) in [6, 6.07) is 24.5. The average molecular weight is 516 g/mol. The molecule has 0 saturated heterocycles. The number of anilines is 5. The van der Waals surface area contributed by atoms with Crippen molar-refractivity contribution in [2.75, 3.05) is 16.0 Å². The molecule has 9 heteroatoms. The van der Waals surface area contributed by atoms with E-state index in [0.29, 0.717) is 39.8 Å². The number of primary amides is 1. The maximum Gasteiger partial charge on any atom is 0.262 e. The fraction of sp³-hybridized carbons (Fsp3) is 0.0333. The third kappa shape index (κ3) is 5.42. The molecule has 2 heterocycles. The first kappa shape index (κ1) is 25.1. The second kappa shape index (κ2) is 10.8. The van der Waals surface area contributed by atoms with Gasteiger partial charge in [-0.15, -0.1) is 0 Å². The number of carbonyl (C=O) groups excluding carboxylic acids is 2. The van der Waals surface area contributed by atoms with Crippen LogP contribution in [0.5, 0.6) is 0 Å². The summed E-state index contributed by atoms with van der Waals surface area (Å²) in [4.78, 5) is 40.0. The lowest BCUT2D eigenvalue weighted by Crippen LogP contribution is -2.27. The van der Waals surface area contributed by atoms with E-state index in [4.69, 9.17) is 11.5 Å². The Morgan fingerprint density at radius 1 is 0.872 bits per heavy atom. The zero-order valence-corrected chi connectivity index (χ0v) is 21.1. The van der Waals surface area contributed by atoms with Crippen LogP contribution < -0.4 is 21.7 Å². The Bertz CT molecular complexity index is 1650. The maximum absolute atomic E-state index is 13.8. The number of nitrogens with one attached hydrogen (secondary N) is 1. The standard InChI is InChI=1S/C30H25N7O2/c1-19-8-13-23(17-26(19)36-30-34-16-14-25(35-30)22-5-4-15-33-18-22)37(27-7-3-2-6-24(27)31)29(39)21-11-9-20(10-12-21)28(32)38/h2-18H,31H2,1H3,(H2,32,38)(H,34,35,36). The largest absolute Gasteiger partial charge is 0.397 e. The van der Waals surface area contributed by atoms with Crippen molar-refractivity contribution < 1.29 is 9.59 Å². The molecule has 0 aliphatic rings. The molecular formula is C30H25N7O2. The average Bonchev–Trinajstić information content (AvgIpc) is 2.96. The van der Waals surface area contributed by atoms with Crippen molar-refractivity contribution in [1.29, 1.82) is 0 Å². The Hall–Kier alpha value is -5.57. The van der Waals surface area contributed by atoms with Gasteiger partial charge in [0.15, 0.2) is 0 Å². The van der Waals surface area contributed by atoms with Gasteiger partial charge in [-0.2, -0.15) is 0 Å². The van der Waals surface area contributed by atoms with Crippen molar-refractivity contribution in [3.05, 3.63) is 120 Å². The predicted octanol–water partition coefficient (Wildman–Crippen LogP) is 5.25. The molecule has 3 aromatic carbocycles. The van der Waals surface area contributed by atoms with Gasteiger partial charge in [-0.3, -0.25) is 19.5 Å². The highest BCUT2D eigenvalue weighted by Crippen LogP contribution is 2.35. The molecule has 9 nitrogen and oxygen atoms in total. The van der Waals surface area contributed by atoms with Crippen LogP contribution in [-0.2, 0) is 0 Å². The lowest BCUT2D eigenvalue weighted by molar-refractivity contribution is 0.0988. The van der Waals surface area contributed by atoms with Crippen molar-refractivity contribution in [3.8, 4) is 11.3 Å². The van der Waals surface area contributed by atoms with Crippen LogP contribution in [0.3, 0.4) is 0 Å². The SMILES string of the molecule is Cc1ccc(N(C(=O)c2ccc(C(N)=O)cc2)c2ccccc2N)cc1Nc1nccc(-c2cccnc2)n1. The third-order valence-electron chi connectivity index (χ3n) is 6.14. The molecule has 2 aromatic heterocycles. The number of hydrogen-bond donors (Lipinski definition) is 3. The molecule has 0 radical (unpaired) electrons. The van der Waals surface area contributed by atoms with Gasteiger partial charge in [-0.05, 0) is 79.2 Å². The number of rotatable bonds is 7. The summed E-state index contributed by atoms with van der Waals surface area (Å²) in [5.41, 5.74) is 17.1. The zero-order valence-electron chi connectivity index (χ0n) is 21.1. The van der Waals surface area contributed by atoms with E-state index in [1.54, 1.807) is 48.9 Å². The van der Waals surface area contributed by atoms with E-state index in [9.17, 15) is 9.59 Å². The van der Waals surface area contributed by atoms with Crippen LogP contribution in [-0.4, -0.2) is 26.8 Å². The number of amides is 2. The van der Waals surface area contributed by atoms with E-state index in [0.717, 1.165) is 16.8 Å². The number of carbonyl (C=O) groups is 2. The Morgan fingerprint density at radius 3 is 2.36 bits per heavy atom. The molecule has 5 aromatic rings. The Morgan fingerprint density at radius 2 is 1.64 bits per heavy atom. The van der Waals surface area contributed by atoms with Gasteiger partial charge in [-0.25, -0.2) is 9.97 Å². The highest BCUT2D eigenvalue weighted by Gasteiger charge is 2.23. The Balaban J connectivity index is 1.53. The van der Waals surface area contributed by atoms with E-state index in [-0.39, 0.29) is 5.91 Å². The smallest absolute Gasteiger partial charge is 0.262 e. The lowest BCUT2D eigenvalue weighted by atomic mass is 10.1. The molecule has 0 bridgehead atoms. The minimum absolute atomic E-state index is 0.313. The normalized spacial score (nSPS) is 10.6. The van der Waals surface area contributed by atoms with E-state index in [2.05, 4.69) is 20.3 Å². The number of nitrogens with zero attached hydrogens (tertiary/aromatic N) is 4. The van der Waals surface area contributed by atoms with Crippen molar-refractivity contribution in [2.45, 2.75) is 6.92 Å². The van der Waals surface area contributed by atoms with Gasteiger partial charge >= 0.3 is 0 Å². The molecule has 5 N–H and O–H groups in total. The van der Waals surface area contributed by atoms with Gasteiger partial charge < -0.3 is 16.8 Å². The van der Waals surface area contributed by atoms with Crippen molar-refractivity contribution in [1.82, 2.24) is 15.0 Å². The number of para-hydroxylation sites is 2. The molecule has 5 rings (SSSR count). The summed E-state index contributed by atoms with van der Waals surface area (Å²) in [7, 11) is 0. The molecule has 192 valence electrons. The van der Waals surface area contributed by atoms with Crippen LogP contribution in [0.25, 0.3) is 11.3 Å². The molecular weight excluding hydrogens is 490 g/mol. The molecule has 0 aliphatic carbocycles. The van der Waals surface area contributed by atoms with E-state index in [1.807, 2.05) is 49.4 Å². The van der Waals surface area contributed by atoms with Gasteiger partial charge in [-0.1, -0.05) is 18.2 Å². The minimum Gasteiger partial charge on any atom is -0.397 e. The third-order valence-corrected chi connectivity index (χ3v) is 6.14. The predicted molar refractivity (Wildman–Crippen MR) is 152 cm³/mol. The van der Waals surface area contributed by atoms with Crippen LogP contribution in [0.1, 0.15) is 26.3 Å². The number of aromatic nitrogens is 3. The fourth-order valence-electron chi connectivity index (χ4n) is 4.06. The number of hydrogen-bond acceptors (Lipinski definition) is 7. The molecule has 0 fully saturated rings. The number of benzene rings is 3. The van der Waals surface area contributed by atoms with Gasteiger partial charge in [0.2, 0.25) is 11.9 Å². The van der Waals surface area contributed by atoms with E-state index < -0.39 is 5.91 Å². The number of nitrogens with two attached hydrogens (primary N) is 2. The number of pyridine rings is 1. The molecule has 0 unspecified atom stereocenters. The summed E-state index contributed by atoms with van der Waals surface area (Å²) < 4.78 is 0. The molecule has 39 heavy (non-hydrogen) atoms. The summed E-state index contributed by atoms with van der Waals surface area (Å²) in [5, 5.41) is 3.28. The van der Waals surface area contributed by atoms with Crippen LogP contribution in [0.15, 0.2) is 104 Å². The van der Waals surface area contributed by atoms with Crippen LogP contribution in [0.4, 0.5) is 28.7 Å². The van der Waals surface area contributed by atoms with Gasteiger partial charge in [0.1, 0.15) is 0 Å². The van der Waals surface area contributed by atoms with Crippen molar-refractivity contribution in [2.24, 2.45) is 5.73 Å². The molecule has 0 spiro atoms. The van der Waals surface area contributed by atoms with E-state index >= 15 is 0 Å². The van der Waals surface area contributed by atoms with Gasteiger partial charge in [0, 0.05) is 41.0 Å². The van der Waals surface area contributed by atoms with Crippen molar-refractivity contribution >= 4 is 40.5 Å². The molecule has 0 atom stereocenters. The first-order chi connectivity index (χ1) is 18.9. The Kier molecular flexibility index (Phi) is 6.96. The van der Waals surface area contributed by atoms with Crippen LogP contribution in [0.2, 0.25) is 0 Å². The zero-order chi connectivity index (χ0) is 27.4. The highest BCUT2D eigenvalue weighted by atomic mass is 16.2. The number of nitrogen functional groups attached to an aromatic ring is 1. The molecule has 2 amide bonds. The molecule has 0 saturated carbocycles. The summed E-state index contributed by atoms with van der Waals surface area (Å²) >= 11 is 0. The second-order valence-corrected chi connectivity index (χ2v) is 8.77. The Labute approximate surface area is 225 Å². The van der Waals surface area contributed by atoms with Crippen LogP contribution in [0, 0.1) is 6.92 Å².